The largest absolute Gasteiger partial charge is 0.464 e. The summed E-state index contributed by atoms with van der Waals surface area (Å²) in [6.07, 6.45) is 6.90. The van der Waals surface area contributed by atoms with Crippen LogP contribution >= 0.6 is 0 Å². The molecule has 0 amide bonds. The van der Waals surface area contributed by atoms with E-state index in [0.29, 0.717) is 17.5 Å². The maximum atomic E-state index is 13.6. The molecule has 0 atom stereocenters. The first kappa shape index (κ1) is 12.8. The fraction of sp³-hybridized carbons (Fsp3) is 0.125. The summed E-state index contributed by atoms with van der Waals surface area (Å²) in [6.45, 7) is 2.48. The highest BCUT2D eigenvalue weighted by molar-refractivity contribution is 5.81. The summed E-state index contributed by atoms with van der Waals surface area (Å²) in [5.74, 6) is -0.275. The number of anilines is 1. The molecular formula is C16H13FN4O. The van der Waals surface area contributed by atoms with Crippen LogP contribution in [0.25, 0.3) is 16.6 Å². The number of halogens is 1. The maximum Gasteiger partial charge on any atom is 0.157 e. The third-order valence-electron chi connectivity index (χ3n) is 3.66. The number of hydrogen-bond acceptors (Lipinski definition) is 4. The van der Waals surface area contributed by atoms with Gasteiger partial charge in [-0.3, -0.25) is 0 Å². The van der Waals surface area contributed by atoms with Crippen molar-refractivity contribution < 1.29 is 8.81 Å². The number of rotatable bonds is 3. The standard InChI is InChI=1S/C16H13FN4O/c1-10-6-20-21-9-12(8-19-16(10)21)18-7-11-2-3-14(17)13-4-5-22-15(11)13/h2-6,8-9,18H,7H2,1H3. The summed E-state index contributed by atoms with van der Waals surface area (Å²) in [5.41, 5.74) is 4.15. The normalized spacial score (nSPS) is 11.4. The highest BCUT2D eigenvalue weighted by atomic mass is 19.1. The van der Waals surface area contributed by atoms with Crippen molar-refractivity contribution in [3.8, 4) is 0 Å². The summed E-state index contributed by atoms with van der Waals surface area (Å²) in [5, 5.41) is 7.99. The fourth-order valence-electron chi connectivity index (χ4n) is 2.51. The predicted octanol–water partition coefficient (Wildman–Crippen LogP) is 3.54. The zero-order valence-corrected chi connectivity index (χ0v) is 11.9. The number of aryl methyl sites for hydroxylation is 1. The number of furan rings is 1. The lowest BCUT2D eigenvalue weighted by Gasteiger charge is -2.07. The molecule has 4 aromatic rings. The van der Waals surface area contributed by atoms with E-state index in [1.807, 2.05) is 13.1 Å². The van der Waals surface area contributed by atoms with Crippen molar-refractivity contribution in [2.24, 2.45) is 0 Å². The van der Waals surface area contributed by atoms with Crippen molar-refractivity contribution in [2.75, 3.05) is 5.32 Å². The monoisotopic (exact) mass is 296 g/mol. The average molecular weight is 296 g/mol. The lowest BCUT2D eigenvalue weighted by Crippen LogP contribution is -2.02. The van der Waals surface area contributed by atoms with E-state index in [-0.39, 0.29) is 5.82 Å². The van der Waals surface area contributed by atoms with Crippen LogP contribution in [0.2, 0.25) is 0 Å². The number of nitrogens with one attached hydrogen (secondary N) is 1. The molecule has 3 heterocycles. The van der Waals surface area contributed by atoms with E-state index in [2.05, 4.69) is 15.4 Å². The Hall–Kier alpha value is -2.89. The third-order valence-corrected chi connectivity index (χ3v) is 3.66. The second-order valence-electron chi connectivity index (χ2n) is 5.16. The number of fused-ring (bicyclic) bond motifs is 2. The lowest BCUT2D eigenvalue weighted by molar-refractivity contribution is 0.606. The second kappa shape index (κ2) is 4.84. The quantitative estimate of drug-likeness (QED) is 0.628. The lowest BCUT2D eigenvalue weighted by atomic mass is 10.1. The topological polar surface area (TPSA) is 55.4 Å². The molecule has 5 nitrogen and oxygen atoms in total. The van der Waals surface area contributed by atoms with Crippen molar-refractivity contribution in [1.82, 2.24) is 14.6 Å². The number of benzene rings is 1. The van der Waals surface area contributed by atoms with Crippen LogP contribution in [0, 0.1) is 12.7 Å². The van der Waals surface area contributed by atoms with E-state index in [9.17, 15) is 4.39 Å². The Kier molecular flexibility index (Phi) is 2.82. The van der Waals surface area contributed by atoms with Gasteiger partial charge in [0.05, 0.1) is 35.9 Å². The molecule has 0 radical (unpaired) electrons. The van der Waals surface area contributed by atoms with Crippen LogP contribution in [0.5, 0.6) is 0 Å². The van der Waals surface area contributed by atoms with Crippen LogP contribution in [0.4, 0.5) is 10.1 Å². The van der Waals surface area contributed by atoms with Gasteiger partial charge in [-0.2, -0.15) is 5.10 Å². The van der Waals surface area contributed by atoms with Crippen LogP contribution in [0.3, 0.4) is 0 Å². The van der Waals surface area contributed by atoms with Crippen molar-refractivity contribution in [3.05, 3.63) is 60.0 Å². The van der Waals surface area contributed by atoms with Gasteiger partial charge in [0.1, 0.15) is 11.4 Å². The van der Waals surface area contributed by atoms with E-state index < -0.39 is 0 Å². The molecule has 22 heavy (non-hydrogen) atoms. The van der Waals surface area contributed by atoms with Crippen LogP contribution < -0.4 is 5.32 Å². The van der Waals surface area contributed by atoms with Crippen LogP contribution in [-0.4, -0.2) is 14.6 Å². The molecule has 0 spiro atoms. The predicted molar refractivity (Wildman–Crippen MR) is 81.2 cm³/mol. The second-order valence-corrected chi connectivity index (χ2v) is 5.16. The molecule has 0 aliphatic rings. The molecule has 0 saturated carbocycles. The molecule has 4 rings (SSSR count). The van der Waals surface area contributed by atoms with Gasteiger partial charge in [0.25, 0.3) is 0 Å². The van der Waals surface area contributed by atoms with Gasteiger partial charge in [0.15, 0.2) is 5.65 Å². The molecule has 0 bridgehead atoms. The van der Waals surface area contributed by atoms with Gasteiger partial charge in [-0.25, -0.2) is 13.9 Å². The van der Waals surface area contributed by atoms with Crippen LogP contribution in [-0.2, 0) is 6.54 Å². The highest BCUT2D eigenvalue weighted by Crippen LogP contribution is 2.24. The minimum atomic E-state index is -0.275. The van der Waals surface area contributed by atoms with E-state index in [4.69, 9.17) is 4.42 Å². The van der Waals surface area contributed by atoms with Gasteiger partial charge in [-0.15, -0.1) is 0 Å². The van der Waals surface area contributed by atoms with E-state index in [0.717, 1.165) is 22.5 Å². The maximum absolute atomic E-state index is 13.6. The van der Waals surface area contributed by atoms with Crippen molar-refractivity contribution in [1.29, 1.82) is 0 Å². The first-order valence-corrected chi connectivity index (χ1v) is 6.91. The SMILES string of the molecule is Cc1cnn2cc(NCc3ccc(F)c4ccoc34)cnc12. The Balaban J connectivity index is 1.62. The minimum absolute atomic E-state index is 0.275. The first-order chi connectivity index (χ1) is 10.7. The zero-order valence-electron chi connectivity index (χ0n) is 11.9. The molecular weight excluding hydrogens is 283 g/mol. The summed E-state index contributed by atoms with van der Waals surface area (Å²) < 4.78 is 20.7. The van der Waals surface area contributed by atoms with Gasteiger partial charge in [-0.05, 0) is 19.1 Å². The van der Waals surface area contributed by atoms with E-state index >= 15 is 0 Å². The molecule has 110 valence electrons. The Labute approximate surface area is 125 Å². The number of hydrogen-bond donors (Lipinski definition) is 1. The average Bonchev–Trinajstić information content (AvgIpc) is 3.15. The molecule has 1 N–H and O–H groups in total. The Morgan fingerprint density at radius 3 is 3.09 bits per heavy atom. The summed E-state index contributed by atoms with van der Waals surface area (Å²) >= 11 is 0. The molecule has 0 saturated heterocycles. The van der Waals surface area contributed by atoms with Crippen molar-refractivity contribution in [2.45, 2.75) is 13.5 Å². The summed E-state index contributed by atoms with van der Waals surface area (Å²) in [7, 11) is 0. The molecule has 0 aliphatic carbocycles. The van der Waals surface area contributed by atoms with Crippen molar-refractivity contribution >= 4 is 22.3 Å². The van der Waals surface area contributed by atoms with Gasteiger partial charge < -0.3 is 9.73 Å². The van der Waals surface area contributed by atoms with Crippen LogP contribution in [0.1, 0.15) is 11.1 Å². The first-order valence-electron chi connectivity index (χ1n) is 6.91. The van der Waals surface area contributed by atoms with Gasteiger partial charge in [-0.1, -0.05) is 6.07 Å². The Morgan fingerprint density at radius 1 is 1.27 bits per heavy atom. The fourth-order valence-corrected chi connectivity index (χ4v) is 2.51. The summed E-state index contributed by atoms with van der Waals surface area (Å²) in [4.78, 5) is 4.37. The third kappa shape index (κ3) is 2.00. The molecule has 0 unspecified atom stereocenters. The van der Waals surface area contributed by atoms with Crippen molar-refractivity contribution in [3.63, 3.8) is 0 Å². The Morgan fingerprint density at radius 2 is 2.18 bits per heavy atom. The molecule has 1 aromatic carbocycles. The van der Waals surface area contributed by atoms with E-state index in [1.54, 1.807) is 29.0 Å². The molecule has 0 aliphatic heterocycles. The zero-order chi connectivity index (χ0) is 15.1. The highest BCUT2D eigenvalue weighted by Gasteiger charge is 2.09. The van der Waals surface area contributed by atoms with E-state index in [1.165, 1.54) is 12.3 Å². The van der Waals surface area contributed by atoms with Gasteiger partial charge >= 0.3 is 0 Å². The number of aromatic nitrogens is 3. The molecule has 6 heteroatoms. The molecule has 0 fully saturated rings. The smallest absolute Gasteiger partial charge is 0.157 e. The van der Waals surface area contributed by atoms with Gasteiger partial charge in [0.2, 0.25) is 0 Å². The number of nitrogens with zero attached hydrogens (tertiary/aromatic N) is 3. The summed E-state index contributed by atoms with van der Waals surface area (Å²) in [6, 6.07) is 4.81. The molecule has 3 aromatic heterocycles. The Bertz CT molecular complexity index is 973. The minimum Gasteiger partial charge on any atom is -0.464 e. The van der Waals surface area contributed by atoms with Crippen LogP contribution in [0.15, 0.2) is 47.5 Å². The van der Waals surface area contributed by atoms with Gasteiger partial charge in [0, 0.05) is 17.7 Å².